The van der Waals surface area contributed by atoms with Crippen LogP contribution in [0.4, 0.5) is 34.1 Å². The highest BCUT2D eigenvalue weighted by atomic mass is 32.1. The maximum Gasteiger partial charge on any atom is 0.360 e. The molecule has 6 aromatic carbocycles. The summed E-state index contributed by atoms with van der Waals surface area (Å²) >= 11 is 5.07. The third-order valence-corrected chi connectivity index (χ3v) is 16.2. The minimum atomic E-state index is -0.724. The molecule has 2 saturated heterocycles. The fourth-order valence-corrected chi connectivity index (χ4v) is 10.4. The van der Waals surface area contributed by atoms with Gasteiger partial charge in [-0.2, -0.15) is 0 Å². The lowest BCUT2D eigenvalue weighted by Gasteiger charge is -2.39. The summed E-state index contributed by atoms with van der Waals surface area (Å²) < 4.78 is 26.0. The Balaban J connectivity index is 0.000000264. The van der Waals surface area contributed by atoms with Crippen molar-refractivity contribution in [2.24, 2.45) is 10.3 Å². The Morgan fingerprint density at radius 2 is 0.860 bits per heavy atom. The van der Waals surface area contributed by atoms with Crippen LogP contribution in [-0.2, 0) is 47.7 Å². The summed E-state index contributed by atoms with van der Waals surface area (Å²) in [5.74, 6) is -3.07. The number of ketones is 4. The molecule has 21 heteroatoms. The van der Waals surface area contributed by atoms with Gasteiger partial charge >= 0.3 is 17.9 Å². The number of methoxy groups -OCH3 is 2. The van der Waals surface area contributed by atoms with Gasteiger partial charge in [-0.05, 0) is 162 Å². The van der Waals surface area contributed by atoms with Crippen LogP contribution < -0.4 is 9.80 Å². The number of anilines is 6. The van der Waals surface area contributed by atoms with Crippen molar-refractivity contribution in [2.75, 3.05) is 96.4 Å². The largest absolute Gasteiger partial charge is 0.469 e. The first-order valence-electron chi connectivity index (χ1n) is 30.9. The lowest BCUT2D eigenvalue weighted by atomic mass is 9.90. The fraction of sp³-hybridized carbons (Fsp3) is 0.361. The van der Waals surface area contributed by atoms with Crippen molar-refractivity contribution in [3.63, 3.8) is 0 Å². The Labute approximate surface area is 549 Å². The predicted octanol–water partition coefficient (Wildman–Crippen LogP) is 12.3. The zero-order valence-electron chi connectivity index (χ0n) is 54.1. The molecule has 0 amide bonds. The van der Waals surface area contributed by atoms with Gasteiger partial charge in [0.05, 0.1) is 64.1 Å². The van der Waals surface area contributed by atoms with Crippen molar-refractivity contribution in [1.29, 1.82) is 0 Å². The van der Waals surface area contributed by atoms with Gasteiger partial charge in [0.15, 0.2) is 17.3 Å². The van der Waals surface area contributed by atoms with Crippen LogP contribution in [0.3, 0.4) is 0 Å². The number of morpholine rings is 2. The van der Waals surface area contributed by atoms with Gasteiger partial charge in [-0.25, -0.2) is 9.59 Å². The average Bonchev–Trinajstić information content (AvgIpc) is 0.830. The first-order chi connectivity index (χ1) is 44.8. The van der Waals surface area contributed by atoms with E-state index in [-0.39, 0.29) is 48.2 Å². The molecular weight excluding hydrogens is 1200 g/mol. The molecule has 0 atom stereocenters. The summed E-state index contributed by atoms with van der Waals surface area (Å²) in [6, 6.07) is 48.4. The van der Waals surface area contributed by atoms with Crippen molar-refractivity contribution < 1.29 is 66.9 Å². The van der Waals surface area contributed by atoms with Crippen molar-refractivity contribution in [2.45, 2.75) is 84.7 Å². The van der Waals surface area contributed by atoms with Crippen LogP contribution in [-0.4, -0.2) is 165 Å². The molecule has 0 radical (unpaired) electrons. The minimum absolute atomic E-state index is 0.0199. The molecule has 2 aliphatic heterocycles. The topological polar surface area (TPSA) is 222 Å². The van der Waals surface area contributed by atoms with E-state index in [1.54, 1.807) is 36.4 Å². The molecule has 0 aromatic heterocycles. The monoisotopic (exact) mass is 1290 g/mol. The molecule has 0 N–H and O–H groups in total. The number of esters is 1. The maximum atomic E-state index is 13.6. The number of benzene rings is 6. The van der Waals surface area contributed by atoms with Gasteiger partial charge in [0.25, 0.3) is 0 Å². The number of thiocarbonyl (C=S) groups is 1. The summed E-state index contributed by atoms with van der Waals surface area (Å²) in [4.78, 5) is 109. The summed E-state index contributed by atoms with van der Waals surface area (Å²) in [6.45, 7) is 17.0. The Kier molecular flexibility index (Phi) is 27.2. The van der Waals surface area contributed by atoms with Gasteiger partial charge in [-0.1, -0.05) is 79.2 Å². The molecule has 0 saturated carbocycles. The van der Waals surface area contributed by atoms with E-state index in [2.05, 4.69) is 20.1 Å². The highest BCUT2D eigenvalue weighted by Gasteiger charge is 2.37. The normalized spacial score (nSPS) is 14.0. The lowest BCUT2D eigenvalue weighted by Crippen LogP contribution is -2.54. The Hall–Kier alpha value is -8.80. The van der Waals surface area contributed by atoms with E-state index in [1.807, 2.05) is 173 Å². The molecule has 490 valence electrons. The smallest absolute Gasteiger partial charge is 0.360 e. The molecule has 0 spiro atoms. The van der Waals surface area contributed by atoms with Gasteiger partial charge in [-0.3, -0.25) is 33.8 Å². The van der Waals surface area contributed by atoms with Gasteiger partial charge in [0.2, 0.25) is 11.6 Å². The average molecular weight is 1290 g/mol. The van der Waals surface area contributed by atoms with E-state index in [0.717, 1.165) is 60.1 Å². The predicted molar refractivity (Wildman–Crippen MR) is 361 cm³/mol. The zero-order chi connectivity index (χ0) is 66.9. The second kappa shape index (κ2) is 35.3. The van der Waals surface area contributed by atoms with Crippen LogP contribution in [0.15, 0.2) is 168 Å². The quantitative estimate of drug-likeness (QED) is 0.00778. The Morgan fingerprint density at radius 1 is 0.484 bits per heavy atom. The lowest BCUT2D eigenvalue weighted by molar-refractivity contribution is -0.148. The number of unbranched alkanes of at least 4 members (excludes halogenated alkanes) is 1. The first kappa shape index (κ1) is 71.6. The second-order valence-electron chi connectivity index (χ2n) is 22.8. The number of ether oxygens (including phenoxy) is 5. The number of Topliss-reactive ketones (excluding diaryl/α,β-unsaturated/α-hetero) is 4. The number of hydrogen-bond donors (Lipinski definition) is 0. The molecule has 8 rings (SSSR count). The van der Waals surface area contributed by atoms with Crippen LogP contribution >= 0.6 is 12.2 Å². The SMILES string of the molecule is CCC(=S)CC(=O)O/N=C(\CC(=O)OC)C(=O)c1ccc(N(c2ccccc2)c2ccc(C(=O)C(C)(C)N3CCOCC3)cc2)cc1.CCCCOC/C(=N\OC(=O)COC)C(=O)c1ccc(N(c2ccccc2)c2ccc(C(=O)C(C)(C)N3CCOCC3)cc2)cc1. The van der Waals surface area contributed by atoms with Crippen LogP contribution in [0.1, 0.15) is 115 Å². The van der Waals surface area contributed by atoms with E-state index in [0.29, 0.717) is 74.1 Å². The molecule has 6 aromatic rings. The van der Waals surface area contributed by atoms with E-state index in [9.17, 15) is 33.6 Å². The standard InChI is InChI=1S/C36H39N3O7S.C36H43N3O7/c1-5-30(47)23-33(41)46-37-31(24-32(40)44-4)34(42)25-11-15-28(16-12-25)39(27-9-7-6-8-10-27)29-17-13-26(14-18-29)35(43)36(2,3)38-19-21-45-22-20-38;1-5-6-22-45-25-32(37-46-33(40)26-43-4)34(41)27-12-16-30(17-13-27)39(29-10-8-7-9-11-29)31-18-14-28(15-19-31)35(42)36(2,3)38-20-23-44-24-21-38/h6-18H,5,19-24H2,1-4H3;7-19H,5-6,20-26H2,1-4H3/b37-31+;37-32+. The number of carbonyl (C=O) groups is 7. The number of para-hydroxylation sites is 2. The maximum absolute atomic E-state index is 13.6. The molecule has 2 aliphatic rings. The minimum Gasteiger partial charge on any atom is -0.469 e. The number of oxime groups is 2. The summed E-state index contributed by atoms with van der Waals surface area (Å²) in [6.07, 6.45) is 1.68. The molecule has 0 aliphatic carbocycles. The van der Waals surface area contributed by atoms with Crippen molar-refractivity contribution >= 4 is 104 Å². The first-order valence-corrected chi connectivity index (χ1v) is 31.4. The van der Waals surface area contributed by atoms with Gasteiger partial charge < -0.3 is 43.2 Å². The van der Waals surface area contributed by atoms with Crippen LogP contribution in [0.25, 0.3) is 0 Å². The van der Waals surface area contributed by atoms with E-state index < -0.39 is 47.0 Å². The molecule has 2 heterocycles. The third-order valence-electron chi connectivity index (χ3n) is 15.8. The summed E-state index contributed by atoms with van der Waals surface area (Å²) in [5, 5.41) is 7.51. The molecule has 20 nitrogen and oxygen atoms in total. The Bertz CT molecular complexity index is 3550. The van der Waals surface area contributed by atoms with Crippen molar-refractivity contribution in [3.05, 3.63) is 180 Å². The Morgan fingerprint density at radius 3 is 1.25 bits per heavy atom. The van der Waals surface area contributed by atoms with E-state index >= 15 is 0 Å². The second-order valence-corrected chi connectivity index (χ2v) is 23.4. The third kappa shape index (κ3) is 19.9. The highest BCUT2D eigenvalue weighted by molar-refractivity contribution is 7.80. The van der Waals surface area contributed by atoms with E-state index in [1.165, 1.54) is 14.2 Å². The van der Waals surface area contributed by atoms with Crippen LogP contribution in [0, 0.1) is 0 Å². The number of hydrogen-bond acceptors (Lipinski definition) is 21. The van der Waals surface area contributed by atoms with Crippen LogP contribution in [0.5, 0.6) is 0 Å². The highest BCUT2D eigenvalue weighted by Crippen LogP contribution is 2.37. The molecule has 93 heavy (non-hydrogen) atoms. The summed E-state index contributed by atoms with van der Waals surface area (Å²) in [7, 11) is 2.56. The fourth-order valence-electron chi connectivity index (χ4n) is 10.3. The van der Waals surface area contributed by atoms with Crippen molar-refractivity contribution in [3.8, 4) is 0 Å². The number of nitrogens with zero attached hydrogens (tertiary/aromatic N) is 6. The number of carbonyl (C=O) groups excluding carboxylic acids is 7. The van der Waals surface area contributed by atoms with E-state index in [4.69, 9.17) is 45.6 Å². The van der Waals surface area contributed by atoms with Gasteiger partial charge in [0, 0.05) is 101 Å². The van der Waals surface area contributed by atoms with Crippen LogP contribution in [0.2, 0.25) is 0 Å². The molecule has 0 bridgehead atoms. The molecule has 0 unspecified atom stereocenters. The number of rotatable bonds is 30. The molecular formula is C72H82N6O14S. The van der Waals surface area contributed by atoms with Gasteiger partial charge in [0.1, 0.15) is 12.3 Å². The molecule has 2 fully saturated rings. The zero-order valence-corrected chi connectivity index (χ0v) is 54.9. The summed E-state index contributed by atoms with van der Waals surface area (Å²) in [5.41, 5.74) is 5.18. The van der Waals surface area contributed by atoms with Gasteiger partial charge in [-0.15, -0.1) is 0 Å². The van der Waals surface area contributed by atoms with Crippen molar-refractivity contribution in [1.82, 2.24) is 9.80 Å².